The maximum atomic E-state index is 4.13. The molecule has 0 N–H and O–H groups in total. The molecule has 0 aliphatic carbocycles. The molecule has 0 bridgehead atoms. The summed E-state index contributed by atoms with van der Waals surface area (Å²) >= 11 is 0. The Morgan fingerprint density at radius 2 is 2.00 bits per heavy atom. The molecule has 0 radical (unpaired) electrons. The molecule has 0 aliphatic heterocycles. The summed E-state index contributed by atoms with van der Waals surface area (Å²) in [6.45, 7) is 9.99. The van der Waals surface area contributed by atoms with Gasteiger partial charge in [-0.25, -0.2) is 0 Å². The highest BCUT2D eigenvalue weighted by molar-refractivity contribution is 6.00. The van der Waals surface area contributed by atoms with E-state index in [0.717, 1.165) is 11.3 Å². The van der Waals surface area contributed by atoms with Crippen LogP contribution in [0.4, 0.5) is 0 Å². The molecule has 0 aliphatic rings. The minimum atomic E-state index is 0.567. The largest absolute Gasteiger partial charge is 0.293 e. The van der Waals surface area contributed by atoms with Gasteiger partial charge < -0.3 is 0 Å². The van der Waals surface area contributed by atoms with Crippen LogP contribution in [0.2, 0.25) is 0 Å². The summed E-state index contributed by atoms with van der Waals surface area (Å²) in [5.74, 6) is 0.567. The Balaban J connectivity index is 4.64. The zero-order chi connectivity index (χ0) is 10.3. The van der Waals surface area contributed by atoms with Crippen molar-refractivity contribution in [1.29, 1.82) is 0 Å². The van der Waals surface area contributed by atoms with Gasteiger partial charge in [-0.15, -0.1) is 0 Å². The first-order valence-electron chi connectivity index (χ1n) is 4.56. The maximum Gasteiger partial charge on any atom is 0.0386 e. The van der Waals surface area contributed by atoms with Gasteiger partial charge in [-0.3, -0.25) is 4.99 Å². The third kappa shape index (κ3) is 5.18. The summed E-state index contributed by atoms with van der Waals surface area (Å²) < 4.78 is 0. The fourth-order valence-corrected chi connectivity index (χ4v) is 0.849. The minimum absolute atomic E-state index is 0.567. The van der Waals surface area contributed by atoms with Crippen molar-refractivity contribution in [3.8, 4) is 0 Å². The Hall–Kier alpha value is -1.11. The molecule has 1 heteroatoms. The van der Waals surface area contributed by atoms with Crippen molar-refractivity contribution in [1.82, 2.24) is 0 Å². The molecular weight excluding hydrogens is 158 g/mol. The summed E-state index contributed by atoms with van der Waals surface area (Å²) in [7, 11) is 1.80. The molecule has 0 aromatic rings. The number of aliphatic imine (C=N–C) groups is 1. The highest BCUT2D eigenvalue weighted by Crippen LogP contribution is 2.04. The zero-order valence-corrected chi connectivity index (χ0v) is 9.04. The molecule has 0 saturated heterocycles. The quantitative estimate of drug-likeness (QED) is 0.461. The number of rotatable bonds is 4. The summed E-state index contributed by atoms with van der Waals surface area (Å²) in [6, 6.07) is 0. The van der Waals surface area contributed by atoms with Crippen LogP contribution in [0.5, 0.6) is 0 Å². The molecule has 0 aromatic heterocycles. The van der Waals surface area contributed by atoms with Crippen LogP contribution < -0.4 is 0 Å². The smallest absolute Gasteiger partial charge is 0.0386 e. The molecule has 0 spiro atoms. The lowest BCUT2D eigenvalue weighted by atomic mass is 10.1. The van der Waals surface area contributed by atoms with Gasteiger partial charge in [0.25, 0.3) is 0 Å². The van der Waals surface area contributed by atoms with Crippen molar-refractivity contribution < 1.29 is 0 Å². The monoisotopic (exact) mass is 177 g/mol. The normalized spacial score (nSPS) is 14.2. The number of allylic oxidation sites excluding steroid dienone is 5. The van der Waals surface area contributed by atoms with Crippen molar-refractivity contribution in [2.45, 2.75) is 20.8 Å². The molecule has 72 valence electrons. The molecule has 0 aromatic carbocycles. The van der Waals surface area contributed by atoms with E-state index in [0.29, 0.717) is 5.92 Å². The standard InChI is InChI=1S/C12H19N/c1-6-7-12(11(4)13-5)9-8-10(2)3/h6-10H,1H2,2-5H3/b9-8-,12-7+,13-11?. The first kappa shape index (κ1) is 11.9. The van der Waals surface area contributed by atoms with Gasteiger partial charge in [0.1, 0.15) is 0 Å². The van der Waals surface area contributed by atoms with Crippen LogP contribution in [0.15, 0.2) is 41.4 Å². The second kappa shape index (κ2) is 6.41. The van der Waals surface area contributed by atoms with E-state index in [1.54, 1.807) is 13.1 Å². The average Bonchev–Trinajstić information content (AvgIpc) is 2.10. The maximum absolute atomic E-state index is 4.13. The Morgan fingerprint density at radius 1 is 1.38 bits per heavy atom. The molecule has 0 fully saturated rings. The van der Waals surface area contributed by atoms with Gasteiger partial charge in [-0.1, -0.05) is 44.7 Å². The number of hydrogen-bond acceptors (Lipinski definition) is 1. The lowest BCUT2D eigenvalue weighted by Crippen LogP contribution is -1.94. The SMILES string of the molecule is C=C/C=C(\C=C/C(C)C)C(C)=NC. The number of nitrogens with zero attached hydrogens (tertiary/aromatic N) is 1. The van der Waals surface area contributed by atoms with Crippen LogP contribution in [0, 0.1) is 5.92 Å². The van der Waals surface area contributed by atoms with E-state index < -0.39 is 0 Å². The van der Waals surface area contributed by atoms with Crippen LogP contribution in [-0.4, -0.2) is 12.8 Å². The summed E-state index contributed by atoms with van der Waals surface area (Å²) in [5, 5.41) is 0. The molecule has 0 rings (SSSR count). The van der Waals surface area contributed by atoms with E-state index in [2.05, 4.69) is 37.6 Å². The number of hydrogen-bond donors (Lipinski definition) is 0. The van der Waals surface area contributed by atoms with Crippen LogP contribution in [0.25, 0.3) is 0 Å². The Labute approximate surface area is 81.6 Å². The van der Waals surface area contributed by atoms with Gasteiger partial charge in [-0.05, 0) is 18.4 Å². The third-order valence-corrected chi connectivity index (χ3v) is 1.71. The Kier molecular flexibility index (Phi) is 5.86. The second-order valence-electron chi connectivity index (χ2n) is 3.27. The van der Waals surface area contributed by atoms with Crippen LogP contribution >= 0.6 is 0 Å². The summed E-state index contributed by atoms with van der Waals surface area (Å²) in [5.41, 5.74) is 2.17. The predicted octanol–water partition coefficient (Wildman–Crippen LogP) is 3.40. The molecule has 13 heavy (non-hydrogen) atoms. The first-order chi connectivity index (χ1) is 6.11. The first-order valence-corrected chi connectivity index (χ1v) is 4.56. The van der Waals surface area contributed by atoms with E-state index in [1.165, 1.54) is 0 Å². The van der Waals surface area contributed by atoms with Crippen LogP contribution in [-0.2, 0) is 0 Å². The molecule has 0 unspecified atom stereocenters. The van der Waals surface area contributed by atoms with E-state index in [9.17, 15) is 0 Å². The Bertz CT molecular complexity index is 242. The van der Waals surface area contributed by atoms with Gasteiger partial charge in [0.15, 0.2) is 0 Å². The van der Waals surface area contributed by atoms with E-state index in [-0.39, 0.29) is 0 Å². The lowest BCUT2D eigenvalue weighted by molar-refractivity contribution is 0.831. The highest BCUT2D eigenvalue weighted by Gasteiger charge is 1.94. The van der Waals surface area contributed by atoms with Gasteiger partial charge in [0, 0.05) is 12.8 Å². The van der Waals surface area contributed by atoms with Crippen molar-refractivity contribution in [2.24, 2.45) is 10.9 Å². The Morgan fingerprint density at radius 3 is 2.38 bits per heavy atom. The molecule has 0 amide bonds. The van der Waals surface area contributed by atoms with Gasteiger partial charge >= 0.3 is 0 Å². The van der Waals surface area contributed by atoms with Crippen molar-refractivity contribution in [2.75, 3.05) is 7.05 Å². The van der Waals surface area contributed by atoms with E-state index in [1.807, 2.05) is 13.0 Å². The fraction of sp³-hybridized carbons (Fsp3) is 0.417. The zero-order valence-electron chi connectivity index (χ0n) is 9.04. The molecular formula is C12H19N. The highest BCUT2D eigenvalue weighted by atomic mass is 14.7. The van der Waals surface area contributed by atoms with Crippen molar-refractivity contribution in [3.05, 3.63) is 36.5 Å². The van der Waals surface area contributed by atoms with E-state index in [4.69, 9.17) is 0 Å². The predicted molar refractivity (Wildman–Crippen MR) is 61.3 cm³/mol. The molecule has 1 nitrogen and oxygen atoms in total. The summed E-state index contributed by atoms with van der Waals surface area (Å²) in [6.07, 6.45) is 8.01. The van der Waals surface area contributed by atoms with Gasteiger partial charge in [0.2, 0.25) is 0 Å². The van der Waals surface area contributed by atoms with Gasteiger partial charge in [0.05, 0.1) is 0 Å². The second-order valence-corrected chi connectivity index (χ2v) is 3.27. The third-order valence-electron chi connectivity index (χ3n) is 1.71. The topological polar surface area (TPSA) is 12.4 Å². The summed E-state index contributed by atoms with van der Waals surface area (Å²) in [4.78, 5) is 4.13. The average molecular weight is 177 g/mol. The lowest BCUT2D eigenvalue weighted by Gasteiger charge is -2.00. The van der Waals surface area contributed by atoms with Crippen LogP contribution in [0.3, 0.4) is 0 Å². The molecule has 0 atom stereocenters. The van der Waals surface area contributed by atoms with Crippen LogP contribution in [0.1, 0.15) is 20.8 Å². The fourth-order valence-electron chi connectivity index (χ4n) is 0.849. The van der Waals surface area contributed by atoms with Gasteiger partial charge in [-0.2, -0.15) is 0 Å². The minimum Gasteiger partial charge on any atom is -0.293 e. The van der Waals surface area contributed by atoms with Crippen molar-refractivity contribution in [3.63, 3.8) is 0 Å². The molecule has 0 heterocycles. The molecule has 0 saturated carbocycles. The van der Waals surface area contributed by atoms with E-state index >= 15 is 0 Å². The van der Waals surface area contributed by atoms with Crippen molar-refractivity contribution >= 4 is 5.71 Å².